The Bertz CT molecular complexity index is 636. The van der Waals surface area contributed by atoms with E-state index in [4.69, 9.17) is 9.47 Å². The van der Waals surface area contributed by atoms with Gasteiger partial charge in [-0.2, -0.15) is 0 Å². The number of nitrogens with zero attached hydrogens (tertiary/aromatic N) is 3. The predicted octanol–water partition coefficient (Wildman–Crippen LogP) is 1.93. The summed E-state index contributed by atoms with van der Waals surface area (Å²) in [6.07, 6.45) is -0.157. The Morgan fingerprint density at radius 2 is 2.27 bits per heavy atom. The number of hydrogen-bond donors (Lipinski definition) is 0. The summed E-state index contributed by atoms with van der Waals surface area (Å²) in [6.45, 7) is 0.933. The molecule has 0 aliphatic carbocycles. The molecule has 0 bridgehead atoms. The van der Waals surface area contributed by atoms with Crippen LogP contribution < -0.4 is 9.47 Å². The highest BCUT2D eigenvalue weighted by atomic mass is 32.2. The van der Waals surface area contributed by atoms with Crippen molar-refractivity contribution in [2.75, 3.05) is 26.0 Å². The van der Waals surface area contributed by atoms with E-state index in [1.165, 1.54) is 23.1 Å². The Morgan fingerprint density at radius 1 is 1.45 bits per heavy atom. The third-order valence-electron chi connectivity index (χ3n) is 3.13. The van der Waals surface area contributed by atoms with Crippen LogP contribution >= 0.6 is 23.1 Å². The van der Waals surface area contributed by atoms with Crippen LogP contribution in [0.2, 0.25) is 0 Å². The molecule has 1 aromatic heterocycles. The fourth-order valence-electron chi connectivity index (χ4n) is 2.02. The summed E-state index contributed by atoms with van der Waals surface area (Å²) in [5.41, 5.74) is 1.65. The van der Waals surface area contributed by atoms with E-state index < -0.39 is 0 Å². The highest BCUT2D eigenvalue weighted by Gasteiger charge is 2.23. The maximum absolute atomic E-state index is 12.1. The molecule has 1 amide bonds. The lowest BCUT2D eigenvalue weighted by atomic mass is 10.2. The van der Waals surface area contributed by atoms with Crippen LogP contribution in [0.25, 0.3) is 0 Å². The number of amides is 1. The maximum atomic E-state index is 12.1. The summed E-state index contributed by atoms with van der Waals surface area (Å²) >= 11 is 2.83. The van der Waals surface area contributed by atoms with E-state index in [9.17, 15) is 4.79 Å². The zero-order chi connectivity index (χ0) is 15.4. The van der Waals surface area contributed by atoms with E-state index >= 15 is 0 Å². The molecule has 0 fully saturated rings. The molecule has 0 spiro atoms. The number of likely N-dealkylation sites (N-methyl/N-ethyl adjacent to an activating group) is 1. The van der Waals surface area contributed by atoms with Crippen LogP contribution in [0.15, 0.2) is 34.1 Å². The van der Waals surface area contributed by atoms with Crippen molar-refractivity contribution in [1.29, 1.82) is 0 Å². The molecule has 0 unspecified atom stereocenters. The second-order valence-electron chi connectivity index (χ2n) is 4.77. The fourth-order valence-corrected chi connectivity index (χ4v) is 3.45. The molecule has 2 heterocycles. The van der Waals surface area contributed by atoms with Crippen molar-refractivity contribution >= 4 is 29.0 Å². The summed E-state index contributed by atoms with van der Waals surface area (Å²) in [5, 5.41) is 7.65. The topological polar surface area (TPSA) is 64.6 Å². The number of ether oxygens (including phenoxy) is 2. The average molecular weight is 337 g/mol. The van der Waals surface area contributed by atoms with Crippen LogP contribution in [-0.4, -0.2) is 53.1 Å². The summed E-state index contributed by atoms with van der Waals surface area (Å²) in [5.74, 6) is 1.85. The van der Waals surface area contributed by atoms with Crippen LogP contribution in [-0.2, 0) is 4.79 Å². The fraction of sp³-hybridized carbons (Fsp3) is 0.357. The minimum atomic E-state index is -0.157. The number of para-hydroxylation sites is 2. The Labute approximate surface area is 136 Å². The lowest BCUT2D eigenvalue weighted by molar-refractivity contribution is -0.128. The first-order chi connectivity index (χ1) is 10.7. The second kappa shape index (κ2) is 6.97. The van der Waals surface area contributed by atoms with Crippen LogP contribution in [0.1, 0.15) is 0 Å². The number of benzene rings is 1. The van der Waals surface area contributed by atoms with E-state index in [-0.39, 0.29) is 12.0 Å². The predicted molar refractivity (Wildman–Crippen MR) is 84.6 cm³/mol. The molecule has 8 heteroatoms. The van der Waals surface area contributed by atoms with Gasteiger partial charge >= 0.3 is 0 Å². The Kier molecular flexibility index (Phi) is 4.79. The number of carbonyl (C=O) groups is 1. The van der Waals surface area contributed by atoms with Gasteiger partial charge in [-0.3, -0.25) is 4.79 Å². The summed E-state index contributed by atoms with van der Waals surface area (Å²) < 4.78 is 12.3. The van der Waals surface area contributed by atoms with Gasteiger partial charge in [0.15, 0.2) is 21.9 Å². The van der Waals surface area contributed by atoms with Gasteiger partial charge in [0.2, 0.25) is 5.91 Å². The van der Waals surface area contributed by atoms with Crippen molar-refractivity contribution in [3.8, 4) is 11.5 Å². The van der Waals surface area contributed by atoms with Gasteiger partial charge in [-0.1, -0.05) is 35.2 Å². The molecular formula is C14H15N3O3S2. The molecular weight excluding hydrogens is 322 g/mol. The standard InChI is InChI=1S/C14H15N3O3S2/c1-17(13(18)8-21-14-16-15-9-22-14)6-10-7-19-11-4-2-3-5-12(11)20-10/h2-5,9-10H,6-8H2,1H3/t10-/m0/s1. The third-order valence-corrected chi connectivity index (χ3v) is 4.98. The molecule has 1 aliphatic rings. The third kappa shape index (κ3) is 3.69. The van der Waals surface area contributed by atoms with E-state index in [0.29, 0.717) is 18.9 Å². The van der Waals surface area contributed by atoms with Crippen molar-refractivity contribution in [1.82, 2.24) is 15.1 Å². The van der Waals surface area contributed by atoms with Crippen molar-refractivity contribution in [3.63, 3.8) is 0 Å². The number of hydrogen-bond acceptors (Lipinski definition) is 7. The minimum Gasteiger partial charge on any atom is -0.486 e. The molecule has 1 aromatic carbocycles. The van der Waals surface area contributed by atoms with Crippen LogP contribution in [0, 0.1) is 0 Å². The molecule has 1 atom stereocenters. The number of fused-ring (bicyclic) bond motifs is 1. The Morgan fingerprint density at radius 3 is 3.05 bits per heavy atom. The van der Waals surface area contributed by atoms with Gasteiger partial charge in [-0.05, 0) is 12.1 Å². The summed E-state index contributed by atoms with van der Waals surface area (Å²) in [6, 6.07) is 7.55. The van der Waals surface area contributed by atoms with Crippen molar-refractivity contribution < 1.29 is 14.3 Å². The first-order valence-electron chi connectivity index (χ1n) is 6.74. The van der Waals surface area contributed by atoms with Crippen LogP contribution in [0.3, 0.4) is 0 Å². The molecule has 22 heavy (non-hydrogen) atoms. The second-order valence-corrected chi connectivity index (χ2v) is 6.82. The number of thioether (sulfide) groups is 1. The monoisotopic (exact) mass is 337 g/mol. The van der Waals surface area contributed by atoms with Crippen molar-refractivity contribution in [2.24, 2.45) is 0 Å². The summed E-state index contributed by atoms with van der Waals surface area (Å²) in [4.78, 5) is 13.8. The highest BCUT2D eigenvalue weighted by Crippen LogP contribution is 2.31. The van der Waals surface area contributed by atoms with Gasteiger partial charge < -0.3 is 14.4 Å². The van der Waals surface area contributed by atoms with E-state index in [2.05, 4.69) is 10.2 Å². The molecule has 116 valence electrons. The quantitative estimate of drug-likeness (QED) is 0.777. The first kappa shape index (κ1) is 15.1. The van der Waals surface area contributed by atoms with Crippen molar-refractivity contribution in [2.45, 2.75) is 10.4 Å². The molecule has 0 saturated heterocycles. The Balaban J connectivity index is 1.49. The SMILES string of the molecule is CN(C[C@H]1COc2ccccc2O1)C(=O)CSc1nncs1. The van der Waals surface area contributed by atoms with E-state index in [1.807, 2.05) is 24.3 Å². The van der Waals surface area contributed by atoms with Gasteiger partial charge in [0.1, 0.15) is 12.1 Å². The zero-order valence-corrected chi connectivity index (χ0v) is 13.6. The van der Waals surface area contributed by atoms with Gasteiger partial charge in [0, 0.05) is 7.05 Å². The van der Waals surface area contributed by atoms with E-state index in [1.54, 1.807) is 17.5 Å². The van der Waals surface area contributed by atoms with E-state index in [0.717, 1.165) is 15.8 Å². The maximum Gasteiger partial charge on any atom is 0.232 e. The normalized spacial score (nSPS) is 16.3. The highest BCUT2D eigenvalue weighted by molar-refractivity contribution is 8.01. The van der Waals surface area contributed by atoms with Crippen LogP contribution in [0.4, 0.5) is 0 Å². The molecule has 1 aliphatic heterocycles. The minimum absolute atomic E-state index is 0.0302. The Hall–Kier alpha value is -1.80. The van der Waals surface area contributed by atoms with Gasteiger partial charge in [0.05, 0.1) is 12.3 Å². The average Bonchev–Trinajstić information content (AvgIpc) is 3.06. The lowest BCUT2D eigenvalue weighted by Crippen LogP contribution is -2.42. The number of aromatic nitrogens is 2. The molecule has 6 nitrogen and oxygen atoms in total. The van der Waals surface area contributed by atoms with Crippen molar-refractivity contribution in [3.05, 3.63) is 29.8 Å². The lowest BCUT2D eigenvalue weighted by Gasteiger charge is -2.29. The van der Waals surface area contributed by atoms with Gasteiger partial charge in [0.25, 0.3) is 0 Å². The number of rotatable bonds is 5. The molecule has 3 rings (SSSR count). The molecule has 2 aromatic rings. The zero-order valence-electron chi connectivity index (χ0n) is 12.0. The summed E-state index contributed by atoms with van der Waals surface area (Å²) in [7, 11) is 1.77. The van der Waals surface area contributed by atoms with Gasteiger partial charge in [-0.15, -0.1) is 10.2 Å². The number of carbonyl (C=O) groups excluding carboxylic acids is 1. The molecule has 0 N–H and O–H groups in total. The van der Waals surface area contributed by atoms with Crippen LogP contribution in [0.5, 0.6) is 11.5 Å². The smallest absolute Gasteiger partial charge is 0.232 e. The molecule has 0 saturated carbocycles. The molecule has 0 radical (unpaired) electrons. The first-order valence-corrected chi connectivity index (χ1v) is 8.60. The largest absolute Gasteiger partial charge is 0.486 e. The van der Waals surface area contributed by atoms with Gasteiger partial charge in [-0.25, -0.2) is 0 Å².